The predicted octanol–water partition coefficient (Wildman–Crippen LogP) is 1.23. The predicted molar refractivity (Wildman–Crippen MR) is 83.1 cm³/mol. The highest BCUT2D eigenvalue weighted by molar-refractivity contribution is 7.89. The molecule has 1 aromatic rings. The molecule has 0 saturated carbocycles. The fourth-order valence-electron chi connectivity index (χ4n) is 2.51. The van der Waals surface area contributed by atoms with Crippen molar-refractivity contribution < 1.29 is 13.2 Å². The summed E-state index contributed by atoms with van der Waals surface area (Å²) in [5.41, 5.74) is 0.319. The van der Waals surface area contributed by atoms with E-state index in [1.807, 2.05) is 6.07 Å². The molecule has 120 valence electrons. The van der Waals surface area contributed by atoms with Gasteiger partial charge in [-0.25, -0.2) is 13.1 Å². The Morgan fingerprint density at radius 3 is 2.68 bits per heavy atom. The molecule has 1 saturated heterocycles. The maximum Gasteiger partial charge on any atom is 0.244 e. The van der Waals surface area contributed by atoms with Gasteiger partial charge in [0, 0.05) is 6.54 Å². The zero-order valence-electron chi connectivity index (χ0n) is 12.8. The summed E-state index contributed by atoms with van der Waals surface area (Å²) in [7, 11) is -2.28. The first kappa shape index (κ1) is 16.7. The molecule has 0 atom stereocenters. The summed E-state index contributed by atoms with van der Waals surface area (Å²) in [6, 6.07) is 6.28. The van der Waals surface area contributed by atoms with Crippen molar-refractivity contribution in [3.63, 3.8) is 0 Å². The molecule has 2 rings (SSSR count). The number of sulfonamides is 1. The third-order valence-electron chi connectivity index (χ3n) is 4.08. The van der Waals surface area contributed by atoms with Crippen molar-refractivity contribution in [2.24, 2.45) is 5.41 Å². The van der Waals surface area contributed by atoms with Crippen LogP contribution in [0, 0.1) is 16.7 Å². The fraction of sp³-hybridized carbons (Fsp3) is 0.533. The molecule has 0 spiro atoms. The standard InChI is InChI=1S/C15H21N3O3S/c1-15(5-7-17-8-6-15)11-18-22(19,20)14-4-3-12(10-16)9-13(14)21-2/h3-4,9,17-18H,5-8,11H2,1-2H3. The third kappa shape index (κ3) is 3.77. The Balaban J connectivity index is 2.18. The maximum atomic E-state index is 12.5. The molecule has 6 nitrogen and oxygen atoms in total. The first-order chi connectivity index (χ1) is 10.4. The number of benzene rings is 1. The van der Waals surface area contributed by atoms with E-state index in [-0.39, 0.29) is 16.1 Å². The lowest BCUT2D eigenvalue weighted by atomic mass is 9.81. The third-order valence-corrected chi connectivity index (χ3v) is 5.52. The number of hydrogen-bond acceptors (Lipinski definition) is 5. The van der Waals surface area contributed by atoms with Crippen molar-refractivity contribution in [3.8, 4) is 11.8 Å². The number of hydrogen-bond donors (Lipinski definition) is 2. The van der Waals surface area contributed by atoms with Crippen molar-refractivity contribution in [1.82, 2.24) is 10.0 Å². The lowest BCUT2D eigenvalue weighted by Crippen LogP contribution is -2.42. The maximum absolute atomic E-state index is 12.5. The molecule has 2 N–H and O–H groups in total. The second-order valence-electron chi connectivity index (χ2n) is 5.86. The lowest BCUT2D eigenvalue weighted by Gasteiger charge is -2.34. The second kappa shape index (κ2) is 6.65. The van der Waals surface area contributed by atoms with E-state index in [4.69, 9.17) is 10.00 Å². The SMILES string of the molecule is COc1cc(C#N)ccc1S(=O)(=O)NCC1(C)CCNCC1. The molecular formula is C15H21N3O3S. The van der Waals surface area contributed by atoms with Crippen molar-refractivity contribution in [3.05, 3.63) is 23.8 Å². The van der Waals surface area contributed by atoms with Gasteiger partial charge >= 0.3 is 0 Å². The van der Waals surface area contributed by atoms with Gasteiger partial charge in [-0.15, -0.1) is 0 Å². The van der Waals surface area contributed by atoms with Crippen LogP contribution in [-0.2, 0) is 10.0 Å². The number of ether oxygens (including phenoxy) is 1. The van der Waals surface area contributed by atoms with Gasteiger partial charge in [0.05, 0.1) is 18.7 Å². The number of piperidine rings is 1. The molecule has 0 bridgehead atoms. The summed E-state index contributed by atoms with van der Waals surface area (Å²) < 4.78 is 32.8. The summed E-state index contributed by atoms with van der Waals surface area (Å²) >= 11 is 0. The fourth-order valence-corrected chi connectivity index (χ4v) is 3.86. The van der Waals surface area contributed by atoms with Gasteiger partial charge in [-0.2, -0.15) is 5.26 Å². The van der Waals surface area contributed by atoms with Crippen molar-refractivity contribution in [1.29, 1.82) is 5.26 Å². The molecule has 0 aliphatic carbocycles. The summed E-state index contributed by atoms with van der Waals surface area (Å²) in [6.07, 6.45) is 1.86. The average molecular weight is 323 g/mol. The molecule has 1 fully saturated rings. The van der Waals surface area contributed by atoms with E-state index < -0.39 is 10.0 Å². The van der Waals surface area contributed by atoms with Crippen molar-refractivity contribution >= 4 is 10.0 Å². The van der Waals surface area contributed by atoms with Gasteiger partial charge in [0.15, 0.2) is 0 Å². The molecule has 0 radical (unpaired) electrons. The van der Waals surface area contributed by atoms with E-state index >= 15 is 0 Å². The zero-order chi connectivity index (χ0) is 16.2. The molecule has 1 aliphatic heterocycles. The first-order valence-electron chi connectivity index (χ1n) is 7.19. The van der Waals surface area contributed by atoms with E-state index in [1.165, 1.54) is 25.3 Å². The number of nitrogens with zero attached hydrogens (tertiary/aromatic N) is 1. The molecular weight excluding hydrogens is 302 g/mol. The molecule has 1 aromatic carbocycles. The van der Waals surface area contributed by atoms with E-state index in [0.717, 1.165) is 25.9 Å². The van der Waals surface area contributed by atoms with Crippen LogP contribution in [0.15, 0.2) is 23.1 Å². The number of rotatable bonds is 5. The normalized spacial score (nSPS) is 17.7. The van der Waals surface area contributed by atoms with Crippen molar-refractivity contribution in [2.75, 3.05) is 26.7 Å². The van der Waals surface area contributed by atoms with Crippen LogP contribution in [0.1, 0.15) is 25.3 Å². The summed E-state index contributed by atoms with van der Waals surface area (Å²) in [5, 5.41) is 12.2. The molecule has 22 heavy (non-hydrogen) atoms. The molecule has 1 aliphatic rings. The van der Waals surface area contributed by atoms with Crippen LogP contribution in [0.25, 0.3) is 0 Å². The van der Waals surface area contributed by atoms with Gasteiger partial charge in [0.1, 0.15) is 10.6 Å². The summed E-state index contributed by atoms with van der Waals surface area (Å²) in [5.74, 6) is 0.182. The molecule has 0 amide bonds. The van der Waals surface area contributed by atoms with Crippen LogP contribution in [-0.4, -0.2) is 35.2 Å². The van der Waals surface area contributed by atoms with Gasteiger partial charge in [-0.3, -0.25) is 0 Å². The number of nitrogens with one attached hydrogen (secondary N) is 2. The lowest BCUT2D eigenvalue weighted by molar-refractivity contribution is 0.232. The Hall–Kier alpha value is -1.62. The highest BCUT2D eigenvalue weighted by Gasteiger charge is 2.29. The Morgan fingerprint density at radius 1 is 1.41 bits per heavy atom. The Morgan fingerprint density at radius 2 is 2.09 bits per heavy atom. The van der Waals surface area contributed by atoms with E-state index in [1.54, 1.807) is 0 Å². The highest BCUT2D eigenvalue weighted by atomic mass is 32.2. The number of nitriles is 1. The van der Waals surface area contributed by atoms with Crippen LogP contribution < -0.4 is 14.8 Å². The summed E-state index contributed by atoms with van der Waals surface area (Å²) in [6.45, 7) is 4.28. The smallest absolute Gasteiger partial charge is 0.244 e. The van der Waals surface area contributed by atoms with Crippen LogP contribution >= 0.6 is 0 Å². The van der Waals surface area contributed by atoms with Gasteiger partial charge in [-0.05, 0) is 49.5 Å². The van der Waals surface area contributed by atoms with Crippen LogP contribution in [0.2, 0.25) is 0 Å². The quantitative estimate of drug-likeness (QED) is 0.850. The minimum atomic E-state index is -3.67. The second-order valence-corrected chi connectivity index (χ2v) is 7.60. The van der Waals surface area contributed by atoms with E-state index in [0.29, 0.717) is 12.1 Å². The summed E-state index contributed by atoms with van der Waals surface area (Å²) in [4.78, 5) is 0.0616. The first-order valence-corrected chi connectivity index (χ1v) is 8.67. The Kier molecular flexibility index (Phi) is 5.06. The topological polar surface area (TPSA) is 91.2 Å². The zero-order valence-corrected chi connectivity index (χ0v) is 13.7. The minimum Gasteiger partial charge on any atom is -0.495 e. The molecule has 7 heteroatoms. The Bertz CT molecular complexity index is 674. The molecule has 0 unspecified atom stereocenters. The molecule has 1 heterocycles. The van der Waals surface area contributed by atoms with E-state index in [9.17, 15) is 8.42 Å². The highest BCUT2D eigenvalue weighted by Crippen LogP contribution is 2.29. The number of methoxy groups -OCH3 is 1. The monoisotopic (exact) mass is 323 g/mol. The van der Waals surface area contributed by atoms with Crippen LogP contribution in [0.5, 0.6) is 5.75 Å². The van der Waals surface area contributed by atoms with Crippen LogP contribution in [0.4, 0.5) is 0 Å². The Labute approximate surface area is 131 Å². The minimum absolute atomic E-state index is 0.0435. The van der Waals surface area contributed by atoms with Gasteiger partial charge < -0.3 is 10.1 Å². The van der Waals surface area contributed by atoms with E-state index in [2.05, 4.69) is 17.0 Å². The average Bonchev–Trinajstić information content (AvgIpc) is 2.53. The van der Waals surface area contributed by atoms with Gasteiger partial charge in [0.2, 0.25) is 10.0 Å². The molecule has 0 aromatic heterocycles. The largest absolute Gasteiger partial charge is 0.495 e. The van der Waals surface area contributed by atoms with Crippen molar-refractivity contribution in [2.45, 2.75) is 24.7 Å². The van der Waals surface area contributed by atoms with Gasteiger partial charge in [-0.1, -0.05) is 6.92 Å². The van der Waals surface area contributed by atoms with Crippen LogP contribution in [0.3, 0.4) is 0 Å². The van der Waals surface area contributed by atoms with Gasteiger partial charge in [0.25, 0.3) is 0 Å².